The first kappa shape index (κ1) is 11.3. The SMILES string of the molecule is CC.Cc1ccc(CCC2CC2)cc1. The average Bonchev–Trinajstić information content (AvgIpc) is 3.04. The topological polar surface area (TPSA) is 0 Å². The molecular weight excluding hydrogens is 168 g/mol. The minimum absolute atomic E-state index is 1.06. The van der Waals surface area contributed by atoms with Crippen LogP contribution in [-0.2, 0) is 6.42 Å². The molecule has 0 bridgehead atoms. The smallest absolute Gasteiger partial charge is 0.0276 e. The normalized spacial score (nSPS) is 14.5. The van der Waals surface area contributed by atoms with Crippen molar-refractivity contribution < 1.29 is 0 Å². The molecule has 0 unspecified atom stereocenters. The van der Waals surface area contributed by atoms with Crippen LogP contribution >= 0.6 is 0 Å². The van der Waals surface area contributed by atoms with Crippen molar-refractivity contribution in [2.45, 2.75) is 46.5 Å². The molecule has 2 rings (SSSR count). The Labute approximate surface area is 88.4 Å². The molecule has 1 aromatic carbocycles. The highest BCUT2D eigenvalue weighted by molar-refractivity contribution is 5.21. The van der Waals surface area contributed by atoms with Gasteiger partial charge in [-0.1, -0.05) is 56.5 Å². The van der Waals surface area contributed by atoms with Crippen LogP contribution in [0.3, 0.4) is 0 Å². The van der Waals surface area contributed by atoms with Crippen molar-refractivity contribution >= 4 is 0 Å². The van der Waals surface area contributed by atoms with Gasteiger partial charge in [0.05, 0.1) is 0 Å². The second-order valence-corrected chi connectivity index (χ2v) is 3.97. The molecule has 78 valence electrons. The molecule has 0 atom stereocenters. The van der Waals surface area contributed by atoms with Crippen LogP contribution in [0, 0.1) is 12.8 Å². The Morgan fingerprint density at radius 2 is 1.64 bits per heavy atom. The fraction of sp³-hybridized carbons (Fsp3) is 0.571. The molecule has 0 spiro atoms. The van der Waals surface area contributed by atoms with Gasteiger partial charge in [0.1, 0.15) is 0 Å². The lowest BCUT2D eigenvalue weighted by Gasteiger charge is -1.99. The summed E-state index contributed by atoms with van der Waals surface area (Å²) >= 11 is 0. The van der Waals surface area contributed by atoms with Gasteiger partial charge in [0.2, 0.25) is 0 Å². The summed E-state index contributed by atoms with van der Waals surface area (Å²) in [6.07, 6.45) is 5.64. The van der Waals surface area contributed by atoms with Gasteiger partial charge in [-0.2, -0.15) is 0 Å². The van der Waals surface area contributed by atoms with Crippen LogP contribution in [0.5, 0.6) is 0 Å². The number of aryl methyl sites for hydroxylation is 2. The van der Waals surface area contributed by atoms with Crippen molar-refractivity contribution in [1.29, 1.82) is 0 Å². The van der Waals surface area contributed by atoms with Gasteiger partial charge in [-0.3, -0.25) is 0 Å². The second kappa shape index (κ2) is 5.85. The van der Waals surface area contributed by atoms with E-state index in [1.165, 1.54) is 36.8 Å². The Morgan fingerprint density at radius 1 is 1.07 bits per heavy atom. The molecule has 0 nitrogen and oxygen atoms in total. The predicted molar refractivity (Wildman–Crippen MR) is 63.6 cm³/mol. The summed E-state index contributed by atoms with van der Waals surface area (Å²) in [7, 11) is 0. The third kappa shape index (κ3) is 3.95. The molecular formula is C14H22. The van der Waals surface area contributed by atoms with Crippen LogP contribution in [0.25, 0.3) is 0 Å². The van der Waals surface area contributed by atoms with E-state index in [2.05, 4.69) is 31.2 Å². The molecule has 1 aliphatic rings. The Kier molecular flexibility index (Phi) is 4.72. The van der Waals surface area contributed by atoms with Crippen LogP contribution in [0.4, 0.5) is 0 Å². The molecule has 0 heteroatoms. The minimum atomic E-state index is 1.06. The molecule has 0 saturated heterocycles. The highest BCUT2D eigenvalue weighted by atomic mass is 14.3. The first-order chi connectivity index (χ1) is 6.84. The lowest BCUT2D eigenvalue weighted by molar-refractivity contribution is 0.726. The number of rotatable bonds is 3. The third-order valence-corrected chi connectivity index (χ3v) is 2.66. The summed E-state index contributed by atoms with van der Waals surface area (Å²) in [5, 5.41) is 0. The van der Waals surface area contributed by atoms with E-state index in [4.69, 9.17) is 0 Å². The zero-order valence-corrected chi connectivity index (χ0v) is 9.72. The fourth-order valence-corrected chi connectivity index (χ4v) is 1.53. The zero-order chi connectivity index (χ0) is 10.4. The van der Waals surface area contributed by atoms with Gasteiger partial charge in [0, 0.05) is 0 Å². The van der Waals surface area contributed by atoms with Gasteiger partial charge in [0.15, 0.2) is 0 Å². The van der Waals surface area contributed by atoms with Gasteiger partial charge in [-0.25, -0.2) is 0 Å². The Morgan fingerprint density at radius 3 is 2.14 bits per heavy atom. The molecule has 1 fully saturated rings. The molecule has 0 N–H and O–H groups in total. The number of hydrogen-bond acceptors (Lipinski definition) is 0. The largest absolute Gasteiger partial charge is 0.0683 e. The van der Waals surface area contributed by atoms with Crippen LogP contribution < -0.4 is 0 Å². The van der Waals surface area contributed by atoms with Crippen molar-refractivity contribution in [2.75, 3.05) is 0 Å². The lowest BCUT2D eigenvalue weighted by atomic mass is 10.1. The molecule has 0 radical (unpaired) electrons. The quantitative estimate of drug-likeness (QED) is 0.664. The van der Waals surface area contributed by atoms with Crippen molar-refractivity contribution in [3.63, 3.8) is 0 Å². The van der Waals surface area contributed by atoms with Crippen LogP contribution in [0.1, 0.15) is 44.2 Å². The van der Waals surface area contributed by atoms with E-state index in [1.54, 1.807) is 0 Å². The molecule has 0 aliphatic heterocycles. The fourth-order valence-electron chi connectivity index (χ4n) is 1.53. The zero-order valence-electron chi connectivity index (χ0n) is 9.72. The number of benzene rings is 1. The van der Waals surface area contributed by atoms with Gasteiger partial charge >= 0.3 is 0 Å². The Bertz CT molecular complexity index is 241. The third-order valence-electron chi connectivity index (χ3n) is 2.66. The van der Waals surface area contributed by atoms with Crippen molar-refractivity contribution in [3.05, 3.63) is 35.4 Å². The van der Waals surface area contributed by atoms with Crippen molar-refractivity contribution in [3.8, 4) is 0 Å². The monoisotopic (exact) mass is 190 g/mol. The standard InChI is InChI=1S/C12H16.C2H6/c1-10-2-4-11(5-3-10)6-7-12-8-9-12;1-2/h2-5,12H,6-9H2,1H3;1-2H3. The summed E-state index contributed by atoms with van der Waals surface area (Å²) in [5.74, 6) is 1.06. The lowest BCUT2D eigenvalue weighted by Crippen LogP contribution is -1.86. The summed E-state index contributed by atoms with van der Waals surface area (Å²) in [6.45, 7) is 6.14. The molecule has 0 aromatic heterocycles. The van der Waals surface area contributed by atoms with E-state index in [-0.39, 0.29) is 0 Å². The number of hydrogen-bond donors (Lipinski definition) is 0. The Hall–Kier alpha value is -0.780. The first-order valence-electron chi connectivity index (χ1n) is 5.90. The van der Waals surface area contributed by atoms with Gasteiger partial charge in [-0.05, 0) is 31.2 Å². The van der Waals surface area contributed by atoms with E-state index in [1.807, 2.05) is 13.8 Å². The van der Waals surface area contributed by atoms with Crippen LogP contribution in [0.15, 0.2) is 24.3 Å². The summed E-state index contributed by atoms with van der Waals surface area (Å²) in [6, 6.07) is 8.94. The summed E-state index contributed by atoms with van der Waals surface area (Å²) in [4.78, 5) is 0. The van der Waals surface area contributed by atoms with Gasteiger partial charge in [0.25, 0.3) is 0 Å². The molecule has 0 amide bonds. The van der Waals surface area contributed by atoms with E-state index in [0.717, 1.165) is 5.92 Å². The van der Waals surface area contributed by atoms with E-state index in [0.29, 0.717) is 0 Å². The molecule has 14 heavy (non-hydrogen) atoms. The highest BCUT2D eigenvalue weighted by Crippen LogP contribution is 2.33. The molecule has 1 saturated carbocycles. The van der Waals surface area contributed by atoms with Crippen molar-refractivity contribution in [2.24, 2.45) is 5.92 Å². The molecule has 1 aliphatic carbocycles. The summed E-state index contributed by atoms with van der Waals surface area (Å²) in [5.41, 5.74) is 2.87. The maximum Gasteiger partial charge on any atom is -0.0276 e. The maximum atomic E-state index is 2.26. The van der Waals surface area contributed by atoms with Gasteiger partial charge < -0.3 is 0 Å². The van der Waals surface area contributed by atoms with E-state index in [9.17, 15) is 0 Å². The maximum absolute atomic E-state index is 2.26. The van der Waals surface area contributed by atoms with E-state index < -0.39 is 0 Å². The first-order valence-corrected chi connectivity index (χ1v) is 5.90. The predicted octanol–water partition coefficient (Wildman–Crippen LogP) is 4.36. The summed E-state index contributed by atoms with van der Waals surface area (Å²) < 4.78 is 0. The van der Waals surface area contributed by atoms with Crippen LogP contribution in [-0.4, -0.2) is 0 Å². The highest BCUT2D eigenvalue weighted by Gasteiger charge is 2.20. The van der Waals surface area contributed by atoms with E-state index >= 15 is 0 Å². The van der Waals surface area contributed by atoms with Gasteiger partial charge in [-0.15, -0.1) is 0 Å². The molecule has 0 heterocycles. The average molecular weight is 190 g/mol. The molecule has 1 aromatic rings. The minimum Gasteiger partial charge on any atom is -0.0683 e. The second-order valence-electron chi connectivity index (χ2n) is 3.97. The Balaban J connectivity index is 0.000000461. The van der Waals surface area contributed by atoms with Crippen molar-refractivity contribution in [1.82, 2.24) is 0 Å². The van der Waals surface area contributed by atoms with Crippen LogP contribution in [0.2, 0.25) is 0 Å².